The number of hydrogen-bond donors (Lipinski definition) is 1. The van der Waals surface area contributed by atoms with Crippen LogP contribution in [0.4, 0.5) is 0 Å². The van der Waals surface area contributed by atoms with Crippen LogP contribution in [0.25, 0.3) is 0 Å². The Morgan fingerprint density at radius 2 is 2.09 bits per heavy atom. The second-order valence-electron chi connectivity index (χ2n) is 8.71. The fraction of sp³-hybridized carbons (Fsp3) is 0.417. The average molecular weight is 449 g/mol. The van der Waals surface area contributed by atoms with E-state index in [-0.39, 0.29) is 23.9 Å². The minimum absolute atomic E-state index is 0.0344. The van der Waals surface area contributed by atoms with Gasteiger partial charge in [0, 0.05) is 56.6 Å². The Balaban J connectivity index is 1.26. The second kappa shape index (κ2) is 9.19. The molecule has 5 rings (SSSR count). The van der Waals surface area contributed by atoms with Crippen molar-refractivity contribution in [1.29, 1.82) is 0 Å². The van der Waals surface area contributed by atoms with Crippen molar-refractivity contribution in [1.82, 2.24) is 29.5 Å². The van der Waals surface area contributed by atoms with Crippen molar-refractivity contribution in [2.45, 2.75) is 38.4 Å². The molecule has 3 aromatic rings. The largest absolute Gasteiger partial charge is 0.497 e. The number of carbonyl (C=O) groups excluding carboxylic acids is 1. The number of amides is 1. The predicted molar refractivity (Wildman–Crippen MR) is 122 cm³/mol. The van der Waals surface area contributed by atoms with E-state index < -0.39 is 0 Å². The first-order valence-corrected chi connectivity index (χ1v) is 11.3. The number of nitrogens with zero attached hydrogens (tertiary/aromatic N) is 5. The summed E-state index contributed by atoms with van der Waals surface area (Å²) in [6.07, 6.45) is 4.93. The molecule has 0 spiro atoms. The Morgan fingerprint density at radius 3 is 2.85 bits per heavy atom. The van der Waals surface area contributed by atoms with Crippen molar-refractivity contribution in [2.24, 2.45) is 0 Å². The van der Waals surface area contributed by atoms with E-state index in [0.717, 1.165) is 36.5 Å². The molecular weight excluding hydrogens is 420 g/mol. The molecular formula is C24H28N6O3. The molecule has 9 nitrogen and oxygen atoms in total. The molecule has 0 radical (unpaired) electrons. The first kappa shape index (κ1) is 21.4. The fourth-order valence-corrected chi connectivity index (χ4v) is 4.67. The van der Waals surface area contributed by atoms with Gasteiger partial charge in [0.05, 0.1) is 12.8 Å². The van der Waals surface area contributed by atoms with E-state index in [0.29, 0.717) is 31.9 Å². The zero-order chi connectivity index (χ0) is 22.8. The number of ether oxygens (including phenoxy) is 1. The maximum atomic E-state index is 12.8. The summed E-state index contributed by atoms with van der Waals surface area (Å²) in [4.78, 5) is 37.4. The highest BCUT2D eigenvalue weighted by atomic mass is 16.5. The van der Waals surface area contributed by atoms with Gasteiger partial charge < -0.3 is 14.6 Å². The maximum absolute atomic E-state index is 12.8. The van der Waals surface area contributed by atoms with Gasteiger partial charge in [-0.05, 0) is 36.6 Å². The van der Waals surface area contributed by atoms with Crippen LogP contribution in [0.3, 0.4) is 0 Å². The number of fused-ring (bicyclic) bond motifs is 1. The minimum Gasteiger partial charge on any atom is -0.497 e. The summed E-state index contributed by atoms with van der Waals surface area (Å²) in [5, 5.41) is 4.11. The van der Waals surface area contributed by atoms with Gasteiger partial charge in [0.15, 0.2) is 0 Å². The van der Waals surface area contributed by atoms with Crippen LogP contribution < -0.4 is 10.3 Å². The van der Waals surface area contributed by atoms with Crippen LogP contribution in [0, 0.1) is 0 Å². The number of likely N-dealkylation sites (tertiary alicyclic amines) is 1. The van der Waals surface area contributed by atoms with Gasteiger partial charge >= 0.3 is 0 Å². The van der Waals surface area contributed by atoms with Gasteiger partial charge in [-0.1, -0.05) is 12.1 Å². The van der Waals surface area contributed by atoms with E-state index in [4.69, 9.17) is 9.72 Å². The van der Waals surface area contributed by atoms with Gasteiger partial charge in [-0.3, -0.25) is 19.2 Å². The van der Waals surface area contributed by atoms with Crippen molar-refractivity contribution in [2.75, 3.05) is 26.7 Å². The molecule has 0 aliphatic carbocycles. The van der Waals surface area contributed by atoms with Crippen molar-refractivity contribution in [3.8, 4) is 5.75 Å². The van der Waals surface area contributed by atoms with E-state index in [9.17, 15) is 9.59 Å². The summed E-state index contributed by atoms with van der Waals surface area (Å²) >= 11 is 0. The topological polar surface area (TPSA) is 96.3 Å². The molecule has 1 N–H and O–H groups in total. The Labute approximate surface area is 192 Å². The Kier molecular flexibility index (Phi) is 5.95. The quantitative estimate of drug-likeness (QED) is 0.615. The van der Waals surface area contributed by atoms with Crippen LogP contribution in [0.2, 0.25) is 0 Å². The Hall–Kier alpha value is -3.46. The second-order valence-corrected chi connectivity index (χ2v) is 8.71. The molecule has 1 saturated heterocycles. The average Bonchev–Trinajstić information content (AvgIpc) is 3.52. The number of aromatic nitrogens is 4. The van der Waals surface area contributed by atoms with Crippen LogP contribution in [-0.2, 0) is 30.8 Å². The van der Waals surface area contributed by atoms with E-state index >= 15 is 0 Å². The summed E-state index contributed by atoms with van der Waals surface area (Å²) < 4.78 is 6.87. The number of rotatable bonds is 6. The van der Waals surface area contributed by atoms with Gasteiger partial charge in [-0.25, -0.2) is 4.98 Å². The number of benzene rings is 1. The number of methoxy groups -OCH3 is 1. The third-order valence-corrected chi connectivity index (χ3v) is 6.52. The number of carbonyl (C=O) groups is 1. The monoisotopic (exact) mass is 448 g/mol. The van der Waals surface area contributed by atoms with Gasteiger partial charge in [0.1, 0.15) is 18.1 Å². The van der Waals surface area contributed by atoms with Gasteiger partial charge in [0.2, 0.25) is 5.91 Å². The lowest BCUT2D eigenvalue weighted by molar-refractivity contribution is -0.131. The summed E-state index contributed by atoms with van der Waals surface area (Å²) in [5.41, 5.74) is 2.80. The standard InChI is InChI=1S/C24H28N6O3/c1-33-19-5-3-17(4-6-19)13-28-11-8-20-21(15-28)26-23(27-24(20)32)18-7-12-29(14-18)22(31)16-30-10-2-9-25-30/h2-6,9-10,18H,7-8,11-16H2,1H3,(H,26,27,32). The van der Waals surface area contributed by atoms with E-state index in [1.54, 1.807) is 30.3 Å². The molecule has 1 aromatic carbocycles. The third-order valence-electron chi connectivity index (χ3n) is 6.52. The van der Waals surface area contributed by atoms with E-state index in [1.807, 2.05) is 17.0 Å². The molecule has 4 heterocycles. The highest BCUT2D eigenvalue weighted by molar-refractivity contribution is 5.76. The molecule has 33 heavy (non-hydrogen) atoms. The van der Waals surface area contributed by atoms with Crippen LogP contribution in [-0.4, -0.2) is 62.2 Å². The Bertz CT molecular complexity index is 1170. The van der Waals surface area contributed by atoms with Gasteiger partial charge in [-0.15, -0.1) is 0 Å². The number of aromatic amines is 1. The summed E-state index contributed by atoms with van der Waals surface area (Å²) in [5.74, 6) is 1.61. The molecule has 9 heteroatoms. The molecule has 1 fully saturated rings. The summed E-state index contributed by atoms with van der Waals surface area (Å²) in [6.45, 7) is 3.72. The minimum atomic E-state index is -0.0413. The molecule has 1 amide bonds. The van der Waals surface area contributed by atoms with Gasteiger partial charge in [0.25, 0.3) is 5.56 Å². The summed E-state index contributed by atoms with van der Waals surface area (Å²) in [6, 6.07) is 9.87. The van der Waals surface area contributed by atoms with Crippen LogP contribution in [0.15, 0.2) is 47.5 Å². The van der Waals surface area contributed by atoms with Crippen molar-refractivity contribution in [3.05, 3.63) is 75.7 Å². The van der Waals surface area contributed by atoms with Gasteiger partial charge in [-0.2, -0.15) is 5.10 Å². The number of hydrogen-bond acceptors (Lipinski definition) is 6. The van der Waals surface area contributed by atoms with Crippen LogP contribution in [0.5, 0.6) is 5.75 Å². The van der Waals surface area contributed by atoms with E-state index in [1.165, 1.54) is 5.56 Å². The fourth-order valence-electron chi connectivity index (χ4n) is 4.67. The normalized spacial score (nSPS) is 18.3. The number of nitrogens with one attached hydrogen (secondary N) is 1. The highest BCUT2D eigenvalue weighted by Gasteiger charge is 2.30. The molecule has 2 aromatic heterocycles. The first-order chi connectivity index (χ1) is 16.1. The zero-order valence-electron chi connectivity index (χ0n) is 18.7. The molecule has 2 aliphatic heterocycles. The number of H-pyrrole nitrogens is 1. The molecule has 0 saturated carbocycles. The molecule has 1 atom stereocenters. The van der Waals surface area contributed by atoms with Crippen LogP contribution >= 0.6 is 0 Å². The molecule has 172 valence electrons. The zero-order valence-corrected chi connectivity index (χ0v) is 18.7. The van der Waals surface area contributed by atoms with Crippen molar-refractivity contribution >= 4 is 5.91 Å². The molecule has 2 aliphatic rings. The lowest BCUT2D eigenvalue weighted by Crippen LogP contribution is -2.36. The lowest BCUT2D eigenvalue weighted by Gasteiger charge is -2.28. The smallest absolute Gasteiger partial charge is 0.254 e. The molecule has 1 unspecified atom stereocenters. The molecule has 0 bridgehead atoms. The SMILES string of the molecule is COc1ccc(CN2CCc3c(nc(C4CCN(C(=O)Cn5cccn5)C4)[nH]c3=O)C2)cc1. The van der Waals surface area contributed by atoms with E-state index in [2.05, 4.69) is 27.1 Å². The van der Waals surface area contributed by atoms with Crippen molar-refractivity contribution in [3.63, 3.8) is 0 Å². The lowest BCUT2D eigenvalue weighted by atomic mass is 10.0. The first-order valence-electron chi connectivity index (χ1n) is 11.3. The highest BCUT2D eigenvalue weighted by Crippen LogP contribution is 2.26. The predicted octanol–water partition coefficient (Wildman–Crippen LogP) is 1.55. The Morgan fingerprint density at radius 1 is 1.24 bits per heavy atom. The third kappa shape index (κ3) is 4.68. The summed E-state index contributed by atoms with van der Waals surface area (Å²) in [7, 11) is 1.66. The van der Waals surface area contributed by atoms with Crippen molar-refractivity contribution < 1.29 is 9.53 Å². The van der Waals surface area contributed by atoms with Crippen LogP contribution in [0.1, 0.15) is 35.0 Å². The maximum Gasteiger partial charge on any atom is 0.254 e.